The standard InChI is InChI=1S/C16H14FN3O2/c17-12-5-3-4-11(8-12)14-9-15(22-20-14)16(21)19-10-13-6-1-2-7-18-13/h1-8,15H,9-10H2,(H,19,21). The second-order valence-electron chi connectivity index (χ2n) is 4.89. The lowest BCUT2D eigenvalue weighted by molar-refractivity contribution is -0.131. The van der Waals surface area contributed by atoms with Crippen molar-refractivity contribution in [2.75, 3.05) is 0 Å². The van der Waals surface area contributed by atoms with Crippen molar-refractivity contribution in [3.63, 3.8) is 0 Å². The second kappa shape index (κ2) is 6.34. The normalized spacial score (nSPS) is 16.8. The van der Waals surface area contributed by atoms with E-state index in [0.717, 1.165) is 5.69 Å². The molecule has 0 saturated heterocycles. The summed E-state index contributed by atoms with van der Waals surface area (Å²) in [5, 5.41) is 6.63. The molecule has 0 bridgehead atoms. The Kier molecular flexibility index (Phi) is 4.09. The minimum Gasteiger partial charge on any atom is -0.382 e. The van der Waals surface area contributed by atoms with E-state index in [9.17, 15) is 9.18 Å². The number of carbonyl (C=O) groups excluding carboxylic acids is 1. The van der Waals surface area contributed by atoms with Crippen molar-refractivity contribution in [1.29, 1.82) is 0 Å². The summed E-state index contributed by atoms with van der Waals surface area (Å²) < 4.78 is 13.2. The molecule has 3 rings (SSSR count). The Morgan fingerprint density at radius 3 is 3.00 bits per heavy atom. The van der Waals surface area contributed by atoms with Crippen LogP contribution >= 0.6 is 0 Å². The molecule has 22 heavy (non-hydrogen) atoms. The molecule has 2 aromatic rings. The predicted octanol–water partition coefficient (Wildman–Crippen LogP) is 2.03. The van der Waals surface area contributed by atoms with E-state index in [2.05, 4.69) is 15.5 Å². The van der Waals surface area contributed by atoms with E-state index in [-0.39, 0.29) is 11.7 Å². The first-order valence-electron chi connectivity index (χ1n) is 6.88. The highest BCUT2D eigenvalue weighted by atomic mass is 19.1. The molecule has 0 spiro atoms. The fraction of sp³-hybridized carbons (Fsp3) is 0.188. The summed E-state index contributed by atoms with van der Waals surface area (Å²) in [6.07, 6.45) is 1.29. The molecule has 1 aromatic carbocycles. The van der Waals surface area contributed by atoms with Crippen LogP contribution in [0.25, 0.3) is 0 Å². The van der Waals surface area contributed by atoms with Crippen LogP contribution in [0, 0.1) is 5.82 Å². The Hall–Kier alpha value is -2.76. The number of rotatable bonds is 4. The fourth-order valence-corrected chi connectivity index (χ4v) is 2.15. The maximum atomic E-state index is 13.2. The first kappa shape index (κ1) is 14.2. The topological polar surface area (TPSA) is 63.6 Å². The van der Waals surface area contributed by atoms with E-state index in [1.165, 1.54) is 12.1 Å². The number of hydrogen-bond donors (Lipinski definition) is 1. The van der Waals surface area contributed by atoms with Gasteiger partial charge in [-0.1, -0.05) is 23.4 Å². The molecule has 0 saturated carbocycles. The number of benzene rings is 1. The summed E-state index contributed by atoms with van der Waals surface area (Å²) in [6, 6.07) is 11.6. The molecule has 1 aromatic heterocycles. The minimum atomic E-state index is -0.693. The third kappa shape index (κ3) is 3.28. The van der Waals surface area contributed by atoms with Gasteiger partial charge in [-0.3, -0.25) is 9.78 Å². The van der Waals surface area contributed by atoms with Crippen molar-refractivity contribution in [3.05, 3.63) is 65.7 Å². The first-order chi connectivity index (χ1) is 10.7. The summed E-state index contributed by atoms with van der Waals surface area (Å²) in [7, 11) is 0. The highest BCUT2D eigenvalue weighted by Crippen LogP contribution is 2.17. The maximum absolute atomic E-state index is 13.2. The highest BCUT2D eigenvalue weighted by molar-refractivity contribution is 6.04. The maximum Gasteiger partial charge on any atom is 0.264 e. The molecule has 1 atom stereocenters. The van der Waals surface area contributed by atoms with E-state index in [1.807, 2.05) is 18.2 Å². The van der Waals surface area contributed by atoms with Gasteiger partial charge >= 0.3 is 0 Å². The first-order valence-corrected chi connectivity index (χ1v) is 6.88. The number of carbonyl (C=O) groups is 1. The molecule has 1 aliphatic rings. The number of pyridine rings is 1. The van der Waals surface area contributed by atoms with Crippen molar-refractivity contribution in [3.8, 4) is 0 Å². The number of hydrogen-bond acceptors (Lipinski definition) is 4. The number of halogens is 1. The minimum absolute atomic E-state index is 0.263. The Balaban J connectivity index is 1.56. The molecule has 112 valence electrons. The number of amides is 1. The van der Waals surface area contributed by atoms with Gasteiger partial charge in [0.25, 0.3) is 5.91 Å². The average Bonchev–Trinajstić information content (AvgIpc) is 3.04. The Bertz CT molecular complexity index is 704. The molecule has 1 N–H and O–H groups in total. The van der Waals surface area contributed by atoms with Gasteiger partial charge in [-0.2, -0.15) is 0 Å². The predicted molar refractivity (Wildman–Crippen MR) is 78.5 cm³/mol. The molecule has 0 fully saturated rings. The summed E-state index contributed by atoms with van der Waals surface area (Å²) in [5.74, 6) is -0.607. The van der Waals surface area contributed by atoms with Crippen LogP contribution in [0.1, 0.15) is 17.7 Å². The van der Waals surface area contributed by atoms with Crippen LogP contribution in [0.3, 0.4) is 0 Å². The zero-order valence-electron chi connectivity index (χ0n) is 11.7. The lowest BCUT2D eigenvalue weighted by Gasteiger charge is -2.09. The van der Waals surface area contributed by atoms with Crippen LogP contribution in [-0.4, -0.2) is 22.7 Å². The van der Waals surface area contributed by atoms with Crippen molar-refractivity contribution < 1.29 is 14.0 Å². The van der Waals surface area contributed by atoms with Gasteiger partial charge < -0.3 is 10.2 Å². The average molecular weight is 299 g/mol. The third-order valence-corrected chi connectivity index (χ3v) is 3.29. The smallest absolute Gasteiger partial charge is 0.264 e. The van der Waals surface area contributed by atoms with Gasteiger partial charge in [0.15, 0.2) is 0 Å². The fourth-order valence-electron chi connectivity index (χ4n) is 2.15. The summed E-state index contributed by atoms with van der Waals surface area (Å²) in [6.45, 7) is 0.328. The van der Waals surface area contributed by atoms with Gasteiger partial charge in [0.05, 0.1) is 18.0 Å². The second-order valence-corrected chi connectivity index (χ2v) is 4.89. The van der Waals surface area contributed by atoms with E-state index in [1.54, 1.807) is 18.3 Å². The van der Waals surface area contributed by atoms with Crippen molar-refractivity contribution in [2.45, 2.75) is 19.1 Å². The Morgan fingerprint density at radius 1 is 1.32 bits per heavy atom. The lowest BCUT2D eigenvalue weighted by Crippen LogP contribution is -2.34. The van der Waals surface area contributed by atoms with Crippen LogP contribution < -0.4 is 5.32 Å². The van der Waals surface area contributed by atoms with Crippen LogP contribution in [-0.2, 0) is 16.2 Å². The zero-order chi connectivity index (χ0) is 15.4. The van der Waals surface area contributed by atoms with Crippen LogP contribution in [0.5, 0.6) is 0 Å². The SMILES string of the molecule is O=C(NCc1ccccn1)C1CC(c2cccc(F)c2)=NO1. The van der Waals surface area contributed by atoms with E-state index in [0.29, 0.717) is 24.2 Å². The zero-order valence-corrected chi connectivity index (χ0v) is 11.7. The van der Waals surface area contributed by atoms with E-state index in [4.69, 9.17) is 4.84 Å². The summed E-state index contributed by atoms with van der Waals surface area (Å²) >= 11 is 0. The highest BCUT2D eigenvalue weighted by Gasteiger charge is 2.28. The molecular weight excluding hydrogens is 285 g/mol. The van der Waals surface area contributed by atoms with Crippen molar-refractivity contribution in [2.24, 2.45) is 5.16 Å². The molecule has 0 radical (unpaired) electrons. The van der Waals surface area contributed by atoms with Gasteiger partial charge in [-0.05, 0) is 24.3 Å². The largest absolute Gasteiger partial charge is 0.382 e. The third-order valence-electron chi connectivity index (χ3n) is 3.29. The van der Waals surface area contributed by atoms with Crippen LogP contribution in [0.4, 0.5) is 4.39 Å². The van der Waals surface area contributed by atoms with Crippen molar-refractivity contribution >= 4 is 11.6 Å². The van der Waals surface area contributed by atoms with Gasteiger partial charge in [-0.15, -0.1) is 0 Å². The molecule has 5 nitrogen and oxygen atoms in total. The Morgan fingerprint density at radius 2 is 2.23 bits per heavy atom. The molecule has 6 heteroatoms. The number of oxime groups is 1. The van der Waals surface area contributed by atoms with Crippen LogP contribution in [0.2, 0.25) is 0 Å². The molecule has 2 heterocycles. The monoisotopic (exact) mass is 299 g/mol. The molecule has 1 unspecified atom stereocenters. The number of nitrogens with one attached hydrogen (secondary N) is 1. The van der Waals surface area contributed by atoms with Gasteiger partial charge in [-0.25, -0.2) is 4.39 Å². The lowest BCUT2D eigenvalue weighted by atomic mass is 10.0. The van der Waals surface area contributed by atoms with Gasteiger partial charge in [0.1, 0.15) is 5.82 Å². The van der Waals surface area contributed by atoms with Gasteiger partial charge in [0.2, 0.25) is 6.10 Å². The van der Waals surface area contributed by atoms with E-state index >= 15 is 0 Å². The van der Waals surface area contributed by atoms with Crippen molar-refractivity contribution in [1.82, 2.24) is 10.3 Å². The summed E-state index contributed by atoms with van der Waals surface area (Å²) in [4.78, 5) is 21.3. The summed E-state index contributed by atoms with van der Waals surface area (Å²) in [5.41, 5.74) is 1.96. The van der Waals surface area contributed by atoms with Gasteiger partial charge in [0, 0.05) is 18.2 Å². The molecule has 1 amide bonds. The molecule has 0 aliphatic carbocycles. The number of aromatic nitrogens is 1. The quantitative estimate of drug-likeness (QED) is 0.939. The number of nitrogens with zero attached hydrogens (tertiary/aromatic N) is 2. The van der Waals surface area contributed by atoms with E-state index < -0.39 is 6.10 Å². The molecule has 1 aliphatic heterocycles. The molecular formula is C16H14FN3O2. The Labute approximate surface area is 126 Å². The van der Waals surface area contributed by atoms with Crippen LogP contribution in [0.15, 0.2) is 53.8 Å².